The predicted octanol–water partition coefficient (Wildman–Crippen LogP) is 0.219. The summed E-state index contributed by atoms with van der Waals surface area (Å²) in [5.41, 5.74) is -1.54. The Bertz CT molecular complexity index is 414. The molecule has 1 aliphatic heterocycles. The Morgan fingerprint density at radius 1 is 1.42 bits per heavy atom. The van der Waals surface area contributed by atoms with Gasteiger partial charge in [0.1, 0.15) is 0 Å². The van der Waals surface area contributed by atoms with Crippen molar-refractivity contribution in [3.8, 4) is 0 Å². The van der Waals surface area contributed by atoms with Gasteiger partial charge in [-0.25, -0.2) is 8.78 Å². The first kappa shape index (κ1) is 13.9. The van der Waals surface area contributed by atoms with Gasteiger partial charge in [0.15, 0.2) is 5.60 Å². The lowest BCUT2D eigenvalue weighted by Gasteiger charge is -2.21. The summed E-state index contributed by atoms with van der Waals surface area (Å²) in [5, 5.41) is 4.65. The second-order valence-electron chi connectivity index (χ2n) is 4.75. The highest BCUT2D eigenvalue weighted by molar-refractivity contribution is 5.90. The highest BCUT2D eigenvalue weighted by Gasteiger charge is 2.82. The number of amides is 2. The third-order valence-electron chi connectivity index (χ3n) is 3.63. The quantitative estimate of drug-likeness (QED) is 0.705. The van der Waals surface area contributed by atoms with E-state index in [0.717, 1.165) is 6.08 Å². The van der Waals surface area contributed by atoms with Crippen molar-refractivity contribution >= 4 is 11.8 Å². The number of hydrogen-bond donors (Lipinski definition) is 2. The minimum absolute atomic E-state index is 0.229. The van der Waals surface area contributed by atoms with Gasteiger partial charge in [-0.1, -0.05) is 6.58 Å². The molecule has 0 aromatic rings. The number of fused-ring (bicyclic) bond motifs is 1. The summed E-state index contributed by atoms with van der Waals surface area (Å²) in [6.07, 6.45) is 2.06. The van der Waals surface area contributed by atoms with Gasteiger partial charge >= 0.3 is 0 Å². The van der Waals surface area contributed by atoms with Crippen LogP contribution in [0.5, 0.6) is 0 Å². The van der Waals surface area contributed by atoms with Crippen LogP contribution in [0.2, 0.25) is 0 Å². The molecule has 2 N–H and O–H groups in total. The molecule has 0 aromatic carbocycles. The number of carbonyl (C=O) groups is 2. The lowest BCUT2D eigenvalue weighted by Crippen LogP contribution is -2.44. The number of rotatable bonds is 5. The maximum atomic E-state index is 13.6. The van der Waals surface area contributed by atoms with Crippen molar-refractivity contribution in [2.45, 2.75) is 24.4 Å². The average molecular weight is 274 g/mol. The monoisotopic (exact) mass is 274 g/mol. The SMILES string of the molecule is C=CC(=O)NCC(=O)NC[C@]12OCCC[C@H]1C2(F)F. The Balaban J connectivity index is 1.81. The van der Waals surface area contributed by atoms with Crippen molar-refractivity contribution in [1.82, 2.24) is 10.6 Å². The number of alkyl halides is 2. The third kappa shape index (κ3) is 2.34. The second kappa shape index (κ2) is 4.88. The van der Waals surface area contributed by atoms with Gasteiger partial charge in [-0.05, 0) is 18.9 Å². The lowest BCUT2D eigenvalue weighted by molar-refractivity contribution is -0.125. The van der Waals surface area contributed by atoms with Crippen LogP contribution >= 0.6 is 0 Å². The van der Waals surface area contributed by atoms with Gasteiger partial charge in [-0.3, -0.25) is 9.59 Å². The highest BCUT2D eigenvalue weighted by Crippen LogP contribution is 2.64. The van der Waals surface area contributed by atoms with E-state index < -0.39 is 29.3 Å². The Hall–Kier alpha value is -1.50. The van der Waals surface area contributed by atoms with Crippen molar-refractivity contribution in [1.29, 1.82) is 0 Å². The maximum Gasteiger partial charge on any atom is 0.284 e. The molecule has 106 valence electrons. The molecule has 0 unspecified atom stereocenters. The number of carbonyl (C=O) groups excluding carboxylic acids is 2. The molecule has 0 aromatic heterocycles. The van der Waals surface area contributed by atoms with Crippen LogP contribution < -0.4 is 10.6 Å². The van der Waals surface area contributed by atoms with Crippen LogP contribution in [0.15, 0.2) is 12.7 Å². The van der Waals surface area contributed by atoms with Gasteiger partial charge in [0, 0.05) is 6.61 Å². The maximum absolute atomic E-state index is 13.6. The summed E-state index contributed by atoms with van der Waals surface area (Å²) in [7, 11) is 0. The fraction of sp³-hybridized carbons (Fsp3) is 0.667. The molecule has 5 nitrogen and oxygen atoms in total. The van der Waals surface area contributed by atoms with Gasteiger partial charge in [0.05, 0.1) is 19.0 Å². The molecule has 1 saturated heterocycles. The molecule has 1 heterocycles. The van der Waals surface area contributed by atoms with E-state index in [2.05, 4.69) is 17.2 Å². The minimum Gasteiger partial charge on any atom is -0.366 e. The summed E-state index contributed by atoms with van der Waals surface area (Å²) in [4.78, 5) is 22.3. The van der Waals surface area contributed by atoms with Gasteiger partial charge < -0.3 is 15.4 Å². The molecular formula is C12H16F2N2O3. The first-order valence-corrected chi connectivity index (χ1v) is 6.13. The van der Waals surface area contributed by atoms with E-state index in [4.69, 9.17) is 4.74 Å². The molecule has 2 aliphatic rings. The fourth-order valence-corrected chi connectivity index (χ4v) is 2.48. The highest BCUT2D eigenvalue weighted by atomic mass is 19.3. The summed E-state index contributed by atoms with van der Waals surface area (Å²) in [6.45, 7) is 3.02. The zero-order chi connectivity index (χ0) is 14.1. The Morgan fingerprint density at radius 2 is 2.16 bits per heavy atom. The van der Waals surface area contributed by atoms with Crippen molar-refractivity contribution < 1.29 is 23.1 Å². The van der Waals surface area contributed by atoms with Crippen molar-refractivity contribution in [2.75, 3.05) is 19.7 Å². The van der Waals surface area contributed by atoms with Gasteiger partial charge in [-0.2, -0.15) is 0 Å². The van der Waals surface area contributed by atoms with E-state index in [1.54, 1.807) is 0 Å². The van der Waals surface area contributed by atoms with Crippen LogP contribution in [0.3, 0.4) is 0 Å². The van der Waals surface area contributed by atoms with Gasteiger partial charge in [0.2, 0.25) is 11.8 Å². The molecule has 2 fully saturated rings. The van der Waals surface area contributed by atoms with Gasteiger partial charge in [0.25, 0.3) is 5.92 Å². The minimum atomic E-state index is -2.87. The number of nitrogens with one attached hydrogen (secondary N) is 2. The van der Waals surface area contributed by atoms with Crippen molar-refractivity contribution in [3.63, 3.8) is 0 Å². The Morgan fingerprint density at radius 3 is 2.79 bits per heavy atom. The van der Waals surface area contributed by atoms with Crippen LogP contribution in [-0.4, -0.2) is 43.0 Å². The Kier molecular flexibility index (Phi) is 3.58. The van der Waals surface area contributed by atoms with Crippen LogP contribution in [0.1, 0.15) is 12.8 Å². The first-order chi connectivity index (χ1) is 8.94. The lowest BCUT2D eigenvalue weighted by atomic mass is 10.1. The van der Waals surface area contributed by atoms with Crippen molar-refractivity contribution in [2.24, 2.45) is 5.92 Å². The smallest absolute Gasteiger partial charge is 0.284 e. The average Bonchev–Trinajstić information content (AvgIpc) is 2.91. The summed E-state index contributed by atoms with van der Waals surface area (Å²) < 4.78 is 32.4. The second-order valence-corrected chi connectivity index (χ2v) is 4.75. The topological polar surface area (TPSA) is 67.4 Å². The molecule has 2 rings (SSSR count). The zero-order valence-corrected chi connectivity index (χ0v) is 10.4. The van der Waals surface area contributed by atoms with Crippen molar-refractivity contribution in [3.05, 3.63) is 12.7 Å². The predicted molar refractivity (Wildman–Crippen MR) is 62.6 cm³/mol. The summed E-state index contributed by atoms with van der Waals surface area (Å²) >= 11 is 0. The van der Waals surface area contributed by atoms with E-state index in [0.29, 0.717) is 12.8 Å². The van der Waals surface area contributed by atoms with Crippen LogP contribution in [0, 0.1) is 5.92 Å². The molecule has 19 heavy (non-hydrogen) atoms. The standard InChI is InChI=1S/C12H16F2N2O3/c1-2-9(17)15-6-10(18)16-7-11-8(12(11,13)14)4-3-5-19-11/h2,8H,1,3-7H2,(H,15,17)(H,16,18)/t8-,11+/m1/s1. The van der Waals surface area contributed by atoms with E-state index in [1.807, 2.05) is 0 Å². The van der Waals surface area contributed by atoms with Crippen LogP contribution in [0.4, 0.5) is 8.78 Å². The first-order valence-electron chi connectivity index (χ1n) is 6.13. The largest absolute Gasteiger partial charge is 0.366 e. The van der Waals surface area contributed by atoms with E-state index >= 15 is 0 Å². The Labute approximate surface area is 109 Å². The molecule has 1 saturated carbocycles. The van der Waals surface area contributed by atoms with Gasteiger partial charge in [-0.15, -0.1) is 0 Å². The zero-order valence-electron chi connectivity index (χ0n) is 10.4. The number of ether oxygens (including phenoxy) is 1. The number of hydrogen-bond acceptors (Lipinski definition) is 3. The van der Waals surface area contributed by atoms with Crippen LogP contribution in [-0.2, 0) is 14.3 Å². The molecule has 7 heteroatoms. The molecule has 0 bridgehead atoms. The fourth-order valence-electron chi connectivity index (χ4n) is 2.48. The number of halogens is 2. The third-order valence-corrected chi connectivity index (χ3v) is 3.63. The summed E-state index contributed by atoms with van der Waals surface area (Å²) in [6, 6.07) is 0. The molecule has 2 amide bonds. The molecule has 1 aliphatic carbocycles. The molecule has 0 radical (unpaired) electrons. The van der Waals surface area contributed by atoms with E-state index in [1.165, 1.54) is 0 Å². The normalized spacial score (nSPS) is 30.9. The molecule has 0 spiro atoms. The summed E-state index contributed by atoms with van der Waals surface area (Å²) in [5.74, 6) is -4.70. The molecular weight excluding hydrogens is 258 g/mol. The molecule has 2 atom stereocenters. The van der Waals surface area contributed by atoms with E-state index in [-0.39, 0.29) is 19.7 Å². The van der Waals surface area contributed by atoms with E-state index in [9.17, 15) is 18.4 Å². The van der Waals surface area contributed by atoms with Crippen LogP contribution in [0.25, 0.3) is 0 Å².